The molecule has 1 amide bonds. The number of ether oxygens (including phenoxy) is 1. The molecule has 1 aliphatic heterocycles. The molecule has 0 spiro atoms. The van der Waals surface area contributed by atoms with Crippen molar-refractivity contribution in [3.05, 3.63) is 29.8 Å². The van der Waals surface area contributed by atoms with Gasteiger partial charge >= 0.3 is 0 Å². The maximum atomic E-state index is 11.8. The number of nitrogens with one attached hydrogen (secondary N) is 1. The van der Waals surface area contributed by atoms with Crippen LogP contribution in [0.5, 0.6) is 0 Å². The molecule has 1 aromatic rings. The number of nitrogens with zero attached hydrogens (tertiary/aromatic N) is 1. The van der Waals surface area contributed by atoms with Crippen LogP contribution in [0.3, 0.4) is 0 Å². The summed E-state index contributed by atoms with van der Waals surface area (Å²) in [5.74, 6) is -0.0410. The van der Waals surface area contributed by atoms with Crippen LogP contribution in [0.1, 0.15) is 32.8 Å². The standard InChI is InChI=1S/C17H27N3O2.2ClH/c1-12(18)7-17(21)19-16-6-4-5-15(8-16)11-20-9-13(2)22-14(3)10-20;;/h4-6,8,12-14H,7,9-11,18H2,1-3H3,(H,19,21);2*1H. The number of benzene rings is 1. The van der Waals surface area contributed by atoms with Crippen LogP contribution in [-0.4, -0.2) is 42.1 Å². The van der Waals surface area contributed by atoms with Crippen molar-refractivity contribution in [1.29, 1.82) is 0 Å². The van der Waals surface area contributed by atoms with Crippen molar-refractivity contribution in [2.45, 2.75) is 52.0 Å². The summed E-state index contributed by atoms with van der Waals surface area (Å²) >= 11 is 0. The predicted octanol–water partition coefficient (Wildman–Crippen LogP) is 2.82. The van der Waals surface area contributed by atoms with E-state index in [0.29, 0.717) is 6.42 Å². The zero-order valence-electron chi connectivity index (χ0n) is 14.5. The molecule has 3 atom stereocenters. The van der Waals surface area contributed by atoms with Crippen LogP contribution in [0.25, 0.3) is 0 Å². The SMILES string of the molecule is CC(N)CC(=O)Nc1cccc(CN2CC(C)OC(C)C2)c1.Cl.Cl. The molecule has 1 heterocycles. The second-order valence-corrected chi connectivity index (χ2v) is 6.38. The first kappa shape index (κ1) is 23.1. The lowest BCUT2D eigenvalue weighted by Crippen LogP contribution is -2.44. The summed E-state index contributed by atoms with van der Waals surface area (Å²) in [7, 11) is 0. The molecule has 138 valence electrons. The van der Waals surface area contributed by atoms with Gasteiger partial charge in [-0.1, -0.05) is 12.1 Å². The lowest BCUT2D eigenvalue weighted by Gasteiger charge is -2.35. The van der Waals surface area contributed by atoms with E-state index in [0.717, 1.165) is 25.3 Å². The molecule has 7 heteroatoms. The van der Waals surface area contributed by atoms with Gasteiger partial charge in [-0.2, -0.15) is 0 Å². The highest BCUT2D eigenvalue weighted by atomic mass is 35.5. The Balaban J connectivity index is 0.00000264. The molecule has 1 saturated heterocycles. The number of amides is 1. The topological polar surface area (TPSA) is 67.6 Å². The van der Waals surface area contributed by atoms with Gasteiger partial charge in [-0.15, -0.1) is 24.8 Å². The first-order valence-corrected chi connectivity index (χ1v) is 7.94. The van der Waals surface area contributed by atoms with Crippen molar-refractivity contribution in [1.82, 2.24) is 4.90 Å². The van der Waals surface area contributed by atoms with Crippen LogP contribution in [-0.2, 0) is 16.1 Å². The Hall–Kier alpha value is -0.850. The first-order valence-electron chi connectivity index (χ1n) is 7.94. The average molecular weight is 378 g/mol. The lowest BCUT2D eigenvalue weighted by molar-refractivity contribution is -0.116. The average Bonchev–Trinajstić information content (AvgIpc) is 2.36. The number of anilines is 1. The molecule has 0 aliphatic carbocycles. The highest BCUT2D eigenvalue weighted by molar-refractivity contribution is 5.91. The quantitative estimate of drug-likeness (QED) is 0.827. The number of halogens is 2. The normalized spacial score (nSPS) is 22.0. The van der Waals surface area contributed by atoms with Gasteiger partial charge in [0.25, 0.3) is 0 Å². The second kappa shape index (κ2) is 10.9. The minimum Gasteiger partial charge on any atom is -0.373 e. The Morgan fingerprint density at radius 2 is 1.96 bits per heavy atom. The molecule has 1 aliphatic rings. The Morgan fingerprint density at radius 3 is 2.54 bits per heavy atom. The highest BCUT2D eigenvalue weighted by Gasteiger charge is 2.22. The van der Waals surface area contributed by atoms with E-state index in [1.165, 1.54) is 5.56 Å². The lowest BCUT2D eigenvalue weighted by atomic mass is 10.1. The molecule has 3 unspecified atom stereocenters. The van der Waals surface area contributed by atoms with Crippen LogP contribution in [0, 0.1) is 0 Å². The molecule has 0 aromatic heterocycles. The highest BCUT2D eigenvalue weighted by Crippen LogP contribution is 2.17. The fourth-order valence-corrected chi connectivity index (χ4v) is 2.92. The third-order valence-corrected chi connectivity index (χ3v) is 3.62. The van der Waals surface area contributed by atoms with E-state index in [4.69, 9.17) is 10.5 Å². The summed E-state index contributed by atoms with van der Waals surface area (Å²) in [5.41, 5.74) is 7.67. The largest absolute Gasteiger partial charge is 0.373 e. The van der Waals surface area contributed by atoms with Gasteiger partial charge in [-0.05, 0) is 38.5 Å². The summed E-state index contributed by atoms with van der Waals surface area (Å²) in [4.78, 5) is 14.2. The Bertz CT molecular complexity index is 504. The fraction of sp³-hybridized carbons (Fsp3) is 0.588. The number of carbonyl (C=O) groups excluding carboxylic acids is 1. The zero-order chi connectivity index (χ0) is 16.1. The summed E-state index contributed by atoms with van der Waals surface area (Å²) in [6, 6.07) is 7.88. The molecule has 2 rings (SSSR count). The van der Waals surface area contributed by atoms with Crippen molar-refractivity contribution in [2.75, 3.05) is 18.4 Å². The van der Waals surface area contributed by atoms with Crippen molar-refractivity contribution >= 4 is 36.4 Å². The van der Waals surface area contributed by atoms with Gasteiger partial charge in [-0.25, -0.2) is 0 Å². The number of rotatable bonds is 5. The maximum absolute atomic E-state index is 11.8. The van der Waals surface area contributed by atoms with Crippen molar-refractivity contribution in [2.24, 2.45) is 5.73 Å². The Labute approximate surface area is 157 Å². The van der Waals surface area contributed by atoms with E-state index >= 15 is 0 Å². The van der Waals surface area contributed by atoms with E-state index in [9.17, 15) is 4.79 Å². The third kappa shape index (κ3) is 7.81. The maximum Gasteiger partial charge on any atom is 0.225 e. The van der Waals surface area contributed by atoms with Crippen molar-refractivity contribution in [3.63, 3.8) is 0 Å². The molecule has 24 heavy (non-hydrogen) atoms. The Kier molecular flexibility index (Phi) is 10.5. The second-order valence-electron chi connectivity index (χ2n) is 6.38. The molecule has 1 aromatic carbocycles. The van der Waals surface area contributed by atoms with Gasteiger partial charge in [0.1, 0.15) is 0 Å². The van der Waals surface area contributed by atoms with Gasteiger partial charge in [0, 0.05) is 37.8 Å². The minimum absolute atomic E-state index is 0. The van der Waals surface area contributed by atoms with Crippen LogP contribution in [0.15, 0.2) is 24.3 Å². The molecule has 3 N–H and O–H groups in total. The number of hydrogen-bond acceptors (Lipinski definition) is 4. The monoisotopic (exact) mass is 377 g/mol. The van der Waals surface area contributed by atoms with Gasteiger partial charge < -0.3 is 15.8 Å². The van der Waals surface area contributed by atoms with Crippen molar-refractivity contribution in [3.8, 4) is 0 Å². The third-order valence-electron chi connectivity index (χ3n) is 3.62. The molecule has 0 radical (unpaired) electrons. The van der Waals surface area contributed by atoms with Gasteiger partial charge in [0.05, 0.1) is 12.2 Å². The zero-order valence-corrected chi connectivity index (χ0v) is 16.2. The summed E-state index contributed by atoms with van der Waals surface area (Å²) in [6.45, 7) is 8.78. The molecule has 1 fully saturated rings. The molecule has 0 saturated carbocycles. The summed E-state index contributed by atoms with van der Waals surface area (Å²) < 4.78 is 5.76. The van der Waals surface area contributed by atoms with Crippen LogP contribution in [0.2, 0.25) is 0 Å². The first-order chi connectivity index (χ1) is 10.4. The predicted molar refractivity (Wildman–Crippen MR) is 103 cm³/mol. The number of carbonyl (C=O) groups is 1. The molecule has 5 nitrogen and oxygen atoms in total. The van der Waals surface area contributed by atoms with Crippen LogP contribution in [0.4, 0.5) is 5.69 Å². The number of morpholine rings is 1. The van der Waals surface area contributed by atoms with Gasteiger partial charge in [0.2, 0.25) is 5.91 Å². The fourth-order valence-electron chi connectivity index (χ4n) is 2.92. The number of hydrogen-bond donors (Lipinski definition) is 2. The summed E-state index contributed by atoms with van der Waals surface area (Å²) in [6.07, 6.45) is 0.860. The van der Waals surface area contributed by atoms with E-state index in [1.807, 2.05) is 25.1 Å². The van der Waals surface area contributed by atoms with Crippen LogP contribution < -0.4 is 11.1 Å². The summed E-state index contributed by atoms with van der Waals surface area (Å²) in [5, 5.41) is 2.91. The minimum atomic E-state index is -0.125. The van der Waals surface area contributed by atoms with E-state index in [1.54, 1.807) is 0 Å². The number of nitrogens with two attached hydrogens (primary N) is 1. The Morgan fingerprint density at radius 1 is 1.33 bits per heavy atom. The van der Waals surface area contributed by atoms with Gasteiger partial charge in [-0.3, -0.25) is 9.69 Å². The molecule has 0 bridgehead atoms. The van der Waals surface area contributed by atoms with Crippen molar-refractivity contribution < 1.29 is 9.53 Å². The van der Waals surface area contributed by atoms with Gasteiger partial charge in [0.15, 0.2) is 0 Å². The molecular formula is C17H29Cl2N3O2. The van der Waals surface area contributed by atoms with Crippen LogP contribution >= 0.6 is 24.8 Å². The van der Waals surface area contributed by atoms with E-state index in [-0.39, 0.29) is 49.0 Å². The molecular weight excluding hydrogens is 349 g/mol. The smallest absolute Gasteiger partial charge is 0.225 e. The van der Waals surface area contributed by atoms with E-state index < -0.39 is 0 Å². The van der Waals surface area contributed by atoms with E-state index in [2.05, 4.69) is 30.1 Å².